The highest BCUT2D eigenvalue weighted by atomic mass is 16.5. The summed E-state index contributed by atoms with van der Waals surface area (Å²) >= 11 is 0. The third-order valence-corrected chi connectivity index (χ3v) is 5.81. The molecule has 2 aromatic heterocycles. The number of ether oxygens (including phenoxy) is 1. The van der Waals surface area contributed by atoms with Crippen LogP contribution in [0.25, 0.3) is 21.9 Å². The molecule has 0 atom stereocenters. The average Bonchev–Trinajstić information content (AvgIpc) is 3.11. The topological polar surface area (TPSA) is 88.1 Å². The lowest BCUT2D eigenvalue weighted by Gasteiger charge is -2.26. The molecule has 0 aliphatic carbocycles. The van der Waals surface area contributed by atoms with E-state index in [1.54, 1.807) is 10.9 Å². The molecule has 1 aliphatic rings. The number of nitrogens with zero attached hydrogens (tertiary/aromatic N) is 4. The zero-order chi connectivity index (χ0) is 21.2. The number of fused-ring (bicyclic) bond motifs is 2. The Kier molecular flexibility index (Phi) is 5.40. The predicted octanol–water partition coefficient (Wildman–Crippen LogP) is 2.74. The SMILES string of the molecule is CCn1c(=O)[nH]c2cc3c(NCc4cccc(CN5CCOCC5)c4)ncnc3cc21. The van der Waals surface area contributed by atoms with E-state index in [1.807, 2.05) is 19.1 Å². The van der Waals surface area contributed by atoms with E-state index in [4.69, 9.17) is 4.74 Å². The number of rotatable bonds is 6. The van der Waals surface area contributed by atoms with Gasteiger partial charge in [-0.3, -0.25) is 9.47 Å². The maximum absolute atomic E-state index is 12.2. The van der Waals surface area contributed by atoms with Gasteiger partial charge in [0.05, 0.1) is 29.8 Å². The zero-order valence-corrected chi connectivity index (χ0v) is 17.6. The fourth-order valence-electron chi connectivity index (χ4n) is 4.20. The Morgan fingerprint density at radius 1 is 1.13 bits per heavy atom. The molecule has 0 amide bonds. The Labute approximate surface area is 179 Å². The van der Waals surface area contributed by atoms with Crippen LogP contribution < -0.4 is 11.0 Å². The van der Waals surface area contributed by atoms with Gasteiger partial charge >= 0.3 is 5.69 Å². The summed E-state index contributed by atoms with van der Waals surface area (Å²) in [5.74, 6) is 0.760. The molecule has 0 radical (unpaired) electrons. The smallest absolute Gasteiger partial charge is 0.326 e. The van der Waals surface area contributed by atoms with Crippen molar-refractivity contribution in [1.29, 1.82) is 0 Å². The summed E-state index contributed by atoms with van der Waals surface area (Å²) < 4.78 is 7.15. The molecule has 0 saturated carbocycles. The molecule has 1 saturated heterocycles. The van der Waals surface area contributed by atoms with Gasteiger partial charge in [-0.1, -0.05) is 24.3 Å². The molecule has 4 aromatic rings. The molecule has 5 rings (SSSR count). The van der Waals surface area contributed by atoms with Crippen LogP contribution >= 0.6 is 0 Å². The maximum atomic E-state index is 12.2. The van der Waals surface area contributed by atoms with Crippen LogP contribution in [0.1, 0.15) is 18.1 Å². The number of H-pyrrole nitrogens is 1. The molecule has 3 heterocycles. The van der Waals surface area contributed by atoms with Crippen molar-refractivity contribution < 1.29 is 4.74 Å². The first-order valence-corrected chi connectivity index (χ1v) is 10.7. The molecular formula is C23H26N6O2. The van der Waals surface area contributed by atoms with Crippen molar-refractivity contribution in [3.63, 3.8) is 0 Å². The van der Waals surface area contributed by atoms with Crippen LogP contribution in [0.4, 0.5) is 5.82 Å². The van der Waals surface area contributed by atoms with Gasteiger partial charge in [-0.2, -0.15) is 0 Å². The van der Waals surface area contributed by atoms with E-state index in [1.165, 1.54) is 11.1 Å². The van der Waals surface area contributed by atoms with Crippen LogP contribution in [0, 0.1) is 0 Å². The molecule has 0 unspecified atom stereocenters. The van der Waals surface area contributed by atoms with E-state index in [-0.39, 0.29) is 5.69 Å². The number of benzene rings is 2. The lowest BCUT2D eigenvalue weighted by Crippen LogP contribution is -2.35. The maximum Gasteiger partial charge on any atom is 0.326 e. The summed E-state index contributed by atoms with van der Waals surface area (Å²) in [6, 6.07) is 12.5. The lowest BCUT2D eigenvalue weighted by atomic mass is 10.1. The number of imidazole rings is 1. The van der Waals surface area contributed by atoms with Crippen LogP contribution in [-0.4, -0.2) is 50.7 Å². The van der Waals surface area contributed by atoms with E-state index in [0.29, 0.717) is 13.1 Å². The van der Waals surface area contributed by atoms with E-state index >= 15 is 0 Å². The minimum absolute atomic E-state index is 0.104. The van der Waals surface area contributed by atoms with Gasteiger partial charge in [-0.15, -0.1) is 0 Å². The van der Waals surface area contributed by atoms with Crippen LogP contribution in [0.5, 0.6) is 0 Å². The van der Waals surface area contributed by atoms with Crippen LogP contribution in [0.3, 0.4) is 0 Å². The van der Waals surface area contributed by atoms with Crippen molar-refractivity contribution in [2.24, 2.45) is 0 Å². The molecule has 1 fully saturated rings. The van der Waals surface area contributed by atoms with Gasteiger partial charge in [-0.25, -0.2) is 14.8 Å². The summed E-state index contributed by atoms with van der Waals surface area (Å²) in [6.07, 6.45) is 1.56. The highest BCUT2D eigenvalue weighted by molar-refractivity contribution is 5.98. The standard InChI is InChI=1S/C23H26N6O2/c1-2-29-21-12-19-18(11-20(21)27-23(29)30)22(26-15-25-19)24-13-16-4-3-5-17(10-16)14-28-6-8-31-9-7-28/h3-5,10-12,15H,2,6-9,13-14H2,1H3,(H,27,30)(H,24,25,26). The van der Waals surface area contributed by atoms with Crippen molar-refractivity contribution in [1.82, 2.24) is 24.4 Å². The van der Waals surface area contributed by atoms with Gasteiger partial charge in [0.2, 0.25) is 0 Å². The molecular weight excluding hydrogens is 392 g/mol. The Balaban J connectivity index is 1.37. The van der Waals surface area contributed by atoms with Crippen molar-refractivity contribution >= 4 is 27.8 Å². The van der Waals surface area contributed by atoms with Gasteiger partial charge in [-0.05, 0) is 30.2 Å². The molecule has 1 aliphatic heterocycles. The summed E-state index contributed by atoms with van der Waals surface area (Å²) in [5, 5.41) is 4.34. The fourth-order valence-corrected chi connectivity index (χ4v) is 4.20. The number of aromatic amines is 1. The molecule has 31 heavy (non-hydrogen) atoms. The number of nitrogens with one attached hydrogen (secondary N) is 2. The first-order valence-electron chi connectivity index (χ1n) is 10.7. The van der Waals surface area contributed by atoms with Crippen molar-refractivity contribution in [2.45, 2.75) is 26.6 Å². The molecule has 8 heteroatoms. The quantitative estimate of drug-likeness (QED) is 0.501. The minimum atomic E-state index is -0.104. The van der Waals surface area contributed by atoms with Gasteiger partial charge in [0.1, 0.15) is 12.1 Å². The molecule has 8 nitrogen and oxygen atoms in total. The summed E-state index contributed by atoms with van der Waals surface area (Å²) in [4.78, 5) is 26.4. The number of hydrogen-bond donors (Lipinski definition) is 2. The van der Waals surface area contributed by atoms with Gasteiger partial charge in [0, 0.05) is 38.1 Å². The van der Waals surface area contributed by atoms with Crippen molar-refractivity contribution in [3.05, 3.63) is 64.3 Å². The first kappa shape index (κ1) is 19.7. The Morgan fingerprint density at radius 2 is 1.97 bits per heavy atom. The lowest BCUT2D eigenvalue weighted by molar-refractivity contribution is 0.0342. The van der Waals surface area contributed by atoms with Crippen LogP contribution in [-0.2, 0) is 24.4 Å². The largest absolute Gasteiger partial charge is 0.379 e. The molecule has 2 N–H and O–H groups in total. The highest BCUT2D eigenvalue weighted by Gasteiger charge is 2.12. The number of aryl methyl sites for hydroxylation is 1. The normalized spacial score (nSPS) is 15.0. The van der Waals surface area contributed by atoms with Crippen molar-refractivity contribution in [3.8, 4) is 0 Å². The van der Waals surface area contributed by atoms with Crippen LogP contribution in [0.2, 0.25) is 0 Å². The van der Waals surface area contributed by atoms with E-state index < -0.39 is 0 Å². The van der Waals surface area contributed by atoms with Gasteiger partial charge < -0.3 is 15.0 Å². The third-order valence-electron chi connectivity index (χ3n) is 5.81. The Hall–Kier alpha value is -3.23. The second kappa shape index (κ2) is 8.49. The minimum Gasteiger partial charge on any atom is -0.379 e. The first-order chi connectivity index (χ1) is 15.2. The van der Waals surface area contributed by atoms with Crippen LogP contribution in [0.15, 0.2) is 47.5 Å². The molecule has 0 bridgehead atoms. The number of aromatic nitrogens is 4. The van der Waals surface area contributed by atoms with E-state index in [9.17, 15) is 4.79 Å². The predicted molar refractivity (Wildman–Crippen MR) is 121 cm³/mol. The number of morpholine rings is 1. The summed E-state index contributed by atoms with van der Waals surface area (Å²) in [7, 11) is 0. The average molecular weight is 419 g/mol. The van der Waals surface area contributed by atoms with E-state index in [0.717, 1.165) is 60.6 Å². The summed E-state index contributed by atoms with van der Waals surface area (Å²) in [6.45, 7) is 7.74. The van der Waals surface area contributed by atoms with E-state index in [2.05, 4.69) is 49.4 Å². The monoisotopic (exact) mass is 418 g/mol. The fraction of sp³-hybridized carbons (Fsp3) is 0.348. The Bertz CT molecular complexity index is 1270. The second-order valence-electron chi connectivity index (χ2n) is 7.85. The number of hydrogen-bond acceptors (Lipinski definition) is 6. The van der Waals surface area contributed by atoms with Crippen molar-refractivity contribution in [2.75, 3.05) is 31.6 Å². The summed E-state index contributed by atoms with van der Waals surface area (Å²) in [5.41, 5.74) is 4.86. The van der Waals surface area contributed by atoms with Gasteiger partial charge in [0.25, 0.3) is 0 Å². The molecule has 0 spiro atoms. The molecule has 160 valence electrons. The second-order valence-corrected chi connectivity index (χ2v) is 7.85. The Morgan fingerprint density at radius 3 is 2.81 bits per heavy atom. The zero-order valence-electron chi connectivity index (χ0n) is 17.6. The van der Waals surface area contributed by atoms with Gasteiger partial charge in [0.15, 0.2) is 0 Å². The number of anilines is 1. The third kappa shape index (κ3) is 4.04. The highest BCUT2D eigenvalue weighted by Crippen LogP contribution is 2.24. The molecule has 2 aromatic carbocycles.